The number of carbonyl (C=O) groups is 2. The van der Waals surface area contributed by atoms with Gasteiger partial charge in [0.15, 0.2) is 0 Å². The van der Waals surface area contributed by atoms with Gasteiger partial charge in [-0.3, -0.25) is 13.9 Å². The summed E-state index contributed by atoms with van der Waals surface area (Å²) < 4.78 is 26.8. The van der Waals surface area contributed by atoms with Crippen LogP contribution in [0.1, 0.15) is 71.6 Å². The maximum absolute atomic E-state index is 13.8. The van der Waals surface area contributed by atoms with Crippen LogP contribution in [0.15, 0.2) is 48.5 Å². The van der Waals surface area contributed by atoms with Crippen molar-refractivity contribution in [2.24, 2.45) is 0 Å². The summed E-state index contributed by atoms with van der Waals surface area (Å²) in [6.07, 6.45) is 1.48. The molecule has 0 spiro atoms. The van der Waals surface area contributed by atoms with Gasteiger partial charge < -0.3 is 10.2 Å². The summed E-state index contributed by atoms with van der Waals surface area (Å²) in [5.41, 5.74) is 2.79. The van der Waals surface area contributed by atoms with Crippen molar-refractivity contribution in [3.05, 3.63) is 65.2 Å². The first-order valence-corrected chi connectivity index (χ1v) is 14.5. The molecule has 2 aromatic rings. The van der Waals surface area contributed by atoms with Crippen molar-refractivity contribution in [2.45, 2.75) is 85.4 Å². The van der Waals surface area contributed by atoms with Crippen molar-refractivity contribution in [1.29, 1.82) is 0 Å². The van der Waals surface area contributed by atoms with E-state index in [0.717, 1.165) is 27.3 Å². The average molecular weight is 530 g/mol. The standard InChI is InChI=1S/C29H43N3O4S/c1-10-25(27(34)30-29(6,7)8)31(19-22-14-12-11-13-21(22)2)26(33)20-32(37(9,35)36)24-17-15-23(16-18-24)28(3,4)5/h11-18,25H,10,19-20H2,1-9H3,(H,30,34)/t25-/m0/s1. The summed E-state index contributed by atoms with van der Waals surface area (Å²) in [7, 11) is -3.77. The van der Waals surface area contributed by atoms with E-state index in [9.17, 15) is 18.0 Å². The van der Waals surface area contributed by atoms with Gasteiger partial charge in [-0.1, -0.05) is 64.1 Å². The van der Waals surface area contributed by atoms with Crippen LogP contribution >= 0.6 is 0 Å². The number of carbonyl (C=O) groups excluding carboxylic acids is 2. The topological polar surface area (TPSA) is 86.8 Å². The van der Waals surface area contributed by atoms with Crippen LogP contribution in [-0.4, -0.2) is 49.5 Å². The van der Waals surface area contributed by atoms with Crippen LogP contribution in [0.25, 0.3) is 0 Å². The number of sulfonamides is 1. The molecule has 8 heteroatoms. The number of rotatable bonds is 9. The van der Waals surface area contributed by atoms with E-state index < -0.39 is 34.1 Å². The molecule has 0 radical (unpaired) electrons. The predicted molar refractivity (Wildman–Crippen MR) is 151 cm³/mol. The molecule has 1 N–H and O–H groups in total. The summed E-state index contributed by atoms with van der Waals surface area (Å²) >= 11 is 0. The van der Waals surface area contributed by atoms with Crippen LogP contribution in [-0.2, 0) is 31.6 Å². The minimum absolute atomic E-state index is 0.0939. The molecule has 0 aromatic heterocycles. The second-order valence-corrected chi connectivity index (χ2v) is 13.6. The fraction of sp³-hybridized carbons (Fsp3) is 0.517. The minimum atomic E-state index is -3.77. The van der Waals surface area contributed by atoms with E-state index >= 15 is 0 Å². The first kappa shape index (κ1) is 30.4. The van der Waals surface area contributed by atoms with Crippen molar-refractivity contribution in [1.82, 2.24) is 10.2 Å². The molecular weight excluding hydrogens is 486 g/mol. The van der Waals surface area contributed by atoms with Gasteiger partial charge in [0.05, 0.1) is 11.9 Å². The lowest BCUT2D eigenvalue weighted by molar-refractivity contribution is -0.141. The zero-order valence-corrected chi connectivity index (χ0v) is 24.6. The van der Waals surface area contributed by atoms with E-state index in [1.54, 1.807) is 12.1 Å². The Hall–Kier alpha value is -2.87. The second-order valence-electron chi connectivity index (χ2n) is 11.7. The molecule has 2 aromatic carbocycles. The molecule has 204 valence electrons. The quantitative estimate of drug-likeness (QED) is 0.506. The van der Waals surface area contributed by atoms with Crippen molar-refractivity contribution < 1.29 is 18.0 Å². The molecule has 0 unspecified atom stereocenters. The highest BCUT2D eigenvalue weighted by molar-refractivity contribution is 7.92. The number of aryl methyl sites for hydroxylation is 1. The molecule has 0 aliphatic heterocycles. The molecule has 2 amide bonds. The Morgan fingerprint density at radius 1 is 0.946 bits per heavy atom. The zero-order chi connectivity index (χ0) is 28.2. The van der Waals surface area contributed by atoms with Crippen LogP contribution in [0.3, 0.4) is 0 Å². The first-order valence-electron chi connectivity index (χ1n) is 12.7. The lowest BCUT2D eigenvalue weighted by atomic mass is 9.87. The van der Waals surface area contributed by atoms with Crippen molar-refractivity contribution in [3.63, 3.8) is 0 Å². The van der Waals surface area contributed by atoms with E-state index in [2.05, 4.69) is 26.1 Å². The van der Waals surface area contributed by atoms with Crippen molar-refractivity contribution in [3.8, 4) is 0 Å². The fourth-order valence-corrected chi connectivity index (χ4v) is 4.93. The molecule has 7 nitrogen and oxygen atoms in total. The first-order chi connectivity index (χ1) is 16.9. The molecule has 0 heterocycles. The zero-order valence-electron chi connectivity index (χ0n) is 23.8. The van der Waals surface area contributed by atoms with Gasteiger partial charge in [0, 0.05) is 12.1 Å². The van der Waals surface area contributed by atoms with Crippen LogP contribution in [0.4, 0.5) is 5.69 Å². The van der Waals surface area contributed by atoms with Gasteiger partial charge in [-0.05, 0) is 68.4 Å². The summed E-state index contributed by atoms with van der Waals surface area (Å²) in [5.74, 6) is -0.707. The predicted octanol–water partition coefficient (Wildman–Crippen LogP) is 4.78. The molecule has 0 saturated heterocycles. The third-order valence-corrected chi connectivity index (χ3v) is 7.33. The summed E-state index contributed by atoms with van der Waals surface area (Å²) in [6, 6.07) is 14.1. The van der Waals surface area contributed by atoms with Crippen molar-refractivity contribution in [2.75, 3.05) is 17.1 Å². The van der Waals surface area contributed by atoms with E-state index in [-0.39, 0.29) is 17.9 Å². The largest absolute Gasteiger partial charge is 0.350 e. The van der Waals surface area contributed by atoms with Gasteiger partial charge in [-0.25, -0.2) is 8.42 Å². The second kappa shape index (κ2) is 11.7. The van der Waals surface area contributed by atoms with Gasteiger partial charge >= 0.3 is 0 Å². The Morgan fingerprint density at radius 3 is 1.97 bits per heavy atom. The molecule has 0 aliphatic carbocycles. The third-order valence-electron chi connectivity index (χ3n) is 6.19. The Kier molecular flexibility index (Phi) is 9.58. The van der Waals surface area contributed by atoms with Crippen LogP contribution in [0.5, 0.6) is 0 Å². The molecule has 0 bridgehead atoms. The normalized spacial score (nSPS) is 13.1. The van der Waals surface area contributed by atoms with E-state index in [1.165, 1.54) is 4.90 Å². The Bertz CT molecular complexity index is 1190. The molecule has 0 saturated carbocycles. The SMILES string of the molecule is CC[C@@H](C(=O)NC(C)(C)C)N(Cc1ccccc1C)C(=O)CN(c1ccc(C(C)(C)C)cc1)S(C)(=O)=O. The monoisotopic (exact) mass is 529 g/mol. The Labute approximate surface area is 223 Å². The third kappa shape index (κ3) is 8.59. The molecular formula is C29H43N3O4S. The van der Waals surface area contributed by atoms with E-state index in [1.807, 2.05) is 71.0 Å². The number of nitrogens with zero attached hydrogens (tertiary/aromatic N) is 2. The van der Waals surface area contributed by atoms with Crippen LogP contribution < -0.4 is 9.62 Å². The highest BCUT2D eigenvalue weighted by atomic mass is 32.2. The minimum Gasteiger partial charge on any atom is -0.350 e. The van der Waals surface area contributed by atoms with Crippen LogP contribution in [0.2, 0.25) is 0 Å². The van der Waals surface area contributed by atoms with Crippen LogP contribution in [0, 0.1) is 6.92 Å². The molecule has 2 rings (SSSR count). The highest BCUT2D eigenvalue weighted by Gasteiger charge is 2.33. The van der Waals surface area contributed by atoms with Gasteiger partial charge in [-0.15, -0.1) is 0 Å². The number of benzene rings is 2. The van der Waals surface area contributed by atoms with Crippen molar-refractivity contribution >= 4 is 27.5 Å². The number of hydrogen-bond acceptors (Lipinski definition) is 4. The Morgan fingerprint density at radius 2 is 1.51 bits per heavy atom. The smallest absolute Gasteiger partial charge is 0.244 e. The lowest BCUT2D eigenvalue weighted by Crippen LogP contribution is -2.55. The number of amides is 2. The average Bonchev–Trinajstić information content (AvgIpc) is 2.76. The van der Waals surface area contributed by atoms with Gasteiger partial charge in [0.25, 0.3) is 0 Å². The summed E-state index contributed by atoms with van der Waals surface area (Å²) in [6.45, 7) is 15.5. The maximum atomic E-state index is 13.8. The number of anilines is 1. The number of nitrogens with one attached hydrogen (secondary N) is 1. The lowest BCUT2D eigenvalue weighted by Gasteiger charge is -2.35. The van der Waals surface area contributed by atoms with Gasteiger partial charge in [0.1, 0.15) is 12.6 Å². The van der Waals surface area contributed by atoms with E-state index in [0.29, 0.717) is 12.1 Å². The highest BCUT2D eigenvalue weighted by Crippen LogP contribution is 2.26. The summed E-state index contributed by atoms with van der Waals surface area (Å²) in [4.78, 5) is 28.6. The molecule has 0 aliphatic rings. The van der Waals surface area contributed by atoms with Gasteiger partial charge in [-0.2, -0.15) is 0 Å². The van der Waals surface area contributed by atoms with E-state index in [4.69, 9.17) is 0 Å². The number of hydrogen-bond donors (Lipinski definition) is 1. The molecule has 0 fully saturated rings. The summed E-state index contributed by atoms with van der Waals surface area (Å²) in [5, 5.41) is 2.98. The van der Waals surface area contributed by atoms with Gasteiger partial charge in [0.2, 0.25) is 21.8 Å². The maximum Gasteiger partial charge on any atom is 0.244 e. The fourth-order valence-electron chi connectivity index (χ4n) is 4.08. The molecule has 37 heavy (non-hydrogen) atoms. The Balaban J connectivity index is 2.48. The molecule has 1 atom stereocenters.